The van der Waals surface area contributed by atoms with Crippen LogP contribution in [0.3, 0.4) is 0 Å². The molecule has 0 saturated heterocycles. The molecule has 1 aliphatic carbocycles. The Morgan fingerprint density at radius 1 is 1.06 bits per heavy atom. The summed E-state index contributed by atoms with van der Waals surface area (Å²) in [4.78, 5) is 30.5. The number of pyridine rings is 2. The Balaban J connectivity index is 1.47. The number of aromatic nitrogens is 4. The van der Waals surface area contributed by atoms with Crippen LogP contribution < -0.4 is 5.32 Å². The number of ether oxygens (including phenoxy) is 1. The number of carbonyl (C=O) groups is 1. The van der Waals surface area contributed by atoms with Crippen LogP contribution in [-0.2, 0) is 11.3 Å². The van der Waals surface area contributed by atoms with Crippen LogP contribution >= 0.6 is 0 Å². The molecule has 154 valence electrons. The van der Waals surface area contributed by atoms with Crippen LogP contribution in [0.1, 0.15) is 40.5 Å². The van der Waals surface area contributed by atoms with Gasteiger partial charge in [0.25, 0.3) is 0 Å². The van der Waals surface area contributed by atoms with Gasteiger partial charge in [-0.05, 0) is 49.2 Å². The molecular weight excluding hydrogens is 390 g/mol. The van der Waals surface area contributed by atoms with E-state index in [1.807, 2.05) is 48.5 Å². The zero-order valence-electron chi connectivity index (χ0n) is 17.1. The van der Waals surface area contributed by atoms with Gasteiger partial charge >= 0.3 is 5.97 Å². The van der Waals surface area contributed by atoms with Gasteiger partial charge in [0.2, 0.25) is 0 Å². The predicted molar refractivity (Wildman–Crippen MR) is 118 cm³/mol. The molecule has 7 nitrogen and oxygen atoms in total. The number of rotatable bonds is 6. The summed E-state index contributed by atoms with van der Waals surface area (Å²) in [6.07, 6.45) is 5.59. The molecule has 1 aromatic carbocycles. The van der Waals surface area contributed by atoms with E-state index in [1.54, 1.807) is 12.4 Å². The van der Waals surface area contributed by atoms with Crippen LogP contribution in [0.25, 0.3) is 22.3 Å². The molecule has 0 aliphatic heterocycles. The summed E-state index contributed by atoms with van der Waals surface area (Å²) in [5.41, 5.74) is 3.94. The predicted octanol–water partition coefficient (Wildman–Crippen LogP) is 4.36. The normalized spacial score (nSPS) is 13.2. The van der Waals surface area contributed by atoms with E-state index in [9.17, 15) is 4.79 Å². The van der Waals surface area contributed by atoms with Gasteiger partial charge < -0.3 is 10.1 Å². The highest BCUT2D eigenvalue weighted by atomic mass is 16.5. The third-order valence-corrected chi connectivity index (χ3v) is 5.31. The number of carbonyl (C=O) groups excluding carboxylic acids is 1. The number of hydrogen-bond donors (Lipinski definition) is 1. The third-order valence-electron chi connectivity index (χ3n) is 5.31. The molecule has 3 heterocycles. The summed E-state index contributed by atoms with van der Waals surface area (Å²) in [7, 11) is 1.40. The second-order valence-corrected chi connectivity index (χ2v) is 7.51. The highest BCUT2D eigenvalue weighted by Crippen LogP contribution is 2.41. The smallest absolute Gasteiger partial charge is 0.339 e. The van der Waals surface area contributed by atoms with Gasteiger partial charge in [-0.3, -0.25) is 9.97 Å². The van der Waals surface area contributed by atoms with Crippen molar-refractivity contribution >= 4 is 22.7 Å². The van der Waals surface area contributed by atoms with Gasteiger partial charge in [0.15, 0.2) is 5.82 Å². The second-order valence-electron chi connectivity index (χ2n) is 7.51. The maximum atomic E-state index is 12.1. The molecule has 3 aromatic heterocycles. The lowest BCUT2D eigenvalue weighted by atomic mass is 10.1. The maximum absolute atomic E-state index is 12.1. The molecule has 0 bridgehead atoms. The van der Waals surface area contributed by atoms with Crippen molar-refractivity contribution in [3.05, 3.63) is 77.9 Å². The fourth-order valence-corrected chi connectivity index (χ4v) is 3.58. The number of benzene rings is 1. The monoisotopic (exact) mass is 411 g/mol. The average Bonchev–Trinajstić information content (AvgIpc) is 3.68. The van der Waals surface area contributed by atoms with E-state index >= 15 is 0 Å². The van der Waals surface area contributed by atoms with Crippen molar-refractivity contribution in [3.8, 4) is 11.4 Å². The lowest BCUT2D eigenvalue weighted by molar-refractivity contribution is 0.0598. The van der Waals surface area contributed by atoms with Crippen molar-refractivity contribution in [3.63, 3.8) is 0 Å². The summed E-state index contributed by atoms with van der Waals surface area (Å²) >= 11 is 0. The highest BCUT2D eigenvalue weighted by molar-refractivity contribution is 5.91. The Hall–Kier alpha value is -3.87. The molecule has 0 radical (unpaired) electrons. The Bertz CT molecular complexity index is 1260. The van der Waals surface area contributed by atoms with Crippen molar-refractivity contribution in [2.45, 2.75) is 25.3 Å². The third kappa shape index (κ3) is 3.94. The first kappa shape index (κ1) is 19.1. The zero-order valence-corrected chi connectivity index (χ0v) is 17.1. The molecule has 31 heavy (non-hydrogen) atoms. The fourth-order valence-electron chi connectivity index (χ4n) is 3.58. The zero-order chi connectivity index (χ0) is 21.2. The van der Waals surface area contributed by atoms with Crippen molar-refractivity contribution in [1.29, 1.82) is 0 Å². The summed E-state index contributed by atoms with van der Waals surface area (Å²) in [6, 6.07) is 15.4. The molecule has 0 atom stereocenters. The number of nitrogens with zero attached hydrogens (tertiary/aromatic N) is 4. The second kappa shape index (κ2) is 8.10. The van der Waals surface area contributed by atoms with Crippen LogP contribution in [0.4, 0.5) is 5.82 Å². The van der Waals surface area contributed by atoms with Gasteiger partial charge in [0.05, 0.1) is 36.1 Å². The van der Waals surface area contributed by atoms with Gasteiger partial charge in [0.1, 0.15) is 5.82 Å². The number of anilines is 1. The molecule has 0 amide bonds. The van der Waals surface area contributed by atoms with Gasteiger partial charge in [-0.1, -0.05) is 12.1 Å². The van der Waals surface area contributed by atoms with Crippen LogP contribution in [0.5, 0.6) is 0 Å². The number of methoxy groups -OCH3 is 1. The largest absolute Gasteiger partial charge is 0.465 e. The molecule has 0 unspecified atom stereocenters. The van der Waals surface area contributed by atoms with E-state index in [0.717, 1.165) is 46.5 Å². The van der Waals surface area contributed by atoms with E-state index in [-0.39, 0.29) is 5.97 Å². The van der Waals surface area contributed by atoms with Crippen molar-refractivity contribution in [2.24, 2.45) is 0 Å². The number of para-hydroxylation sites is 1. The van der Waals surface area contributed by atoms with Crippen LogP contribution in [0, 0.1) is 0 Å². The van der Waals surface area contributed by atoms with E-state index in [0.29, 0.717) is 23.9 Å². The standard InChI is InChI=1S/C24H21N5O2/c1-31-24(30)19-11-10-17(27-21(19)15-8-9-15)14-26-23-18-6-2-3-7-20(18)28-22(29-23)16-5-4-12-25-13-16/h2-7,10-13,15H,8-9,14H2,1H3,(H,26,28,29). The van der Waals surface area contributed by atoms with Crippen molar-refractivity contribution in [1.82, 2.24) is 19.9 Å². The molecule has 5 rings (SSSR count). The fraction of sp³-hybridized carbons (Fsp3) is 0.208. The molecular formula is C24H21N5O2. The lowest BCUT2D eigenvalue weighted by Crippen LogP contribution is -2.11. The van der Waals surface area contributed by atoms with Gasteiger partial charge in [-0.25, -0.2) is 14.8 Å². The minimum atomic E-state index is -0.336. The molecule has 1 fully saturated rings. The SMILES string of the molecule is COC(=O)c1ccc(CNc2nc(-c3cccnc3)nc3ccccc23)nc1C1CC1. The first-order chi connectivity index (χ1) is 15.2. The first-order valence-corrected chi connectivity index (χ1v) is 10.2. The summed E-state index contributed by atoms with van der Waals surface area (Å²) in [6.45, 7) is 0.481. The molecule has 1 saturated carbocycles. The Kier molecular flexibility index (Phi) is 5.00. The quantitative estimate of drug-likeness (QED) is 0.471. The molecule has 1 N–H and O–H groups in total. The average molecular weight is 411 g/mol. The molecule has 0 spiro atoms. The molecule has 1 aliphatic rings. The highest BCUT2D eigenvalue weighted by Gasteiger charge is 2.30. The minimum absolute atomic E-state index is 0.336. The van der Waals surface area contributed by atoms with Gasteiger partial charge in [-0.15, -0.1) is 0 Å². The minimum Gasteiger partial charge on any atom is -0.465 e. The number of fused-ring (bicyclic) bond motifs is 1. The maximum Gasteiger partial charge on any atom is 0.339 e. The summed E-state index contributed by atoms with van der Waals surface area (Å²) in [5.74, 6) is 1.35. The number of hydrogen-bond acceptors (Lipinski definition) is 7. The number of nitrogens with one attached hydrogen (secondary N) is 1. The van der Waals surface area contributed by atoms with E-state index < -0.39 is 0 Å². The van der Waals surface area contributed by atoms with Gasteiger partial charge in [0, 0.05) is 29.3 Å². The van der Waals surface area contributed by atoms with E-state index in [1.165, 1.54) is 7.11 Å². The Morgan fingerprint density at radius 3 is 2.71 bits per heavy atom. The van der Waals surface area contributed by atoms with Gasteiger partial charge in [-0.2, -0.15) is 0 Å². The van der Waals surface area contributed by atoms with Crippen LogP contribution in [-0.4, -0.2) is 33.0 Å². The van der Waals surface area contributed by atoms with E-state index in [2.05, 4.69) is 15.3 Å². The van der Waals surface area contributed by atoms with Crippen LogP contribution in [0.15, 0.2) is 60.9 Å². The van der Waals surface area contributed by atoms with Crippen molar-refractivity contribution < 1.29 is 9.53 Å². The topological polar surface area (TPSA) is 89.9 Å². The van der Waals surface area contributed by atoms with Crippen LogP contribution in [0.2, 0.25) is 0 Å². The molecule has 7 heteroatoms. The van der Waals surface area contributed by atoms with E-state index in [4.69, 9.17) is 14.7 Å². The lowest BCUT2D eigenvalue weighted by Gasteiger charge is -2.12. The summed E-state index contributed by atoms with van der Waals surface area (Å²) in [5, 5.41) is 4.35. The Morgan fingerprint density at radius 2 is 1.94 bits per heavy atom. The molecule has 4 aromatic rings. The first-order valence-electron chi connectivity index (χ1n) is 10.2. The number of esters is 1. The Labute approximate surface area is 179 Å². The summed E-state index contributed by atoms with van der Waals surface area (Å²) < 4.78 is 4.91. The van der Waals surface area contributed by atoms with Crippen molar-refractivity contribution in [2.75, 3.05) is 12.4 Å².